The summed E-state index contributed by atoms with van der Waals surface area (Å²) in [5.41, 5.74) is 1.82. The van der Waals surface area contributed by atoms with Gasteiger partial charge in [-0.05, 0) is 47.8 Å². The zero-order chi connectivity index (χ0) is 17.9. The third-order valence-corrected chi connectivity index (χ3v) is 4.55. The fourth-order valence-corrected chi connectivity index (χ4v) is 3.04. The molecule has 0 atom stereocenters. The molecule has 0 aliphatic heterocycles. The first-order chi connectivity index (χ1) is 12.7. The van der Waals surface area contributed by atoms with E-state index in [2.05, 4.69) is 15.5 Å². The first kappa shape index (κ1) is 16.2. The van der Waals surface area contributed by atoms with Crippen molar-refractivity contribution in [1.82, 2.24) is 10.1 Å². The molecule has 1 amide bonds. The van der Waals surface area contributed by atoms with Crippen LogP contribution in [0.15, 0.2) is 70.6 Å². The van der Waals surface area contributed by atoms with E-state index in [0.717, 1.165) is 0 Å². The lowest BCUT2D eigenvalue weighted by molar-refractivity contribution is 0.103. The van der Waals surface area contributed by atoms with Crippen LogP contribution in [0.5, 0.6) is 0 Å². The molecule has 0 aliphatic rings. The van der Waals surface area contributed by atoms with E-state index < -0.39 is 0 Å². The Kier molecular flexibility index (Phi) is 4.28. The van der Waals surface area contributed by atoms with Crippen LogP contribution in [0.4, 0.5) is 10.1 Å². The van der Waals surface area contributed by atoms with Crippen LogP contribution in [0.3, 0.4) is 0 Å². The van der Waals surface area contributed by atoms with E-state index in [4.69, 9.17) is 4.52 Å². The van der Waals surface area contributed by atoms with Crippen molar-refractivity contribution in [3.63, 3.8) is 0 Å². The molecule has 128 valence electrons. The first-order valence-electron chi connectivity index (χ1n) is 7.74. The Morgan fingerprint density at radius 2 is 1.85 bits per heavy atom. The summed E-state index contributed by atoms with van der Waals surface area (Å²) in [6.45, 7) is 0. The molecule has 2 heterocycles. The van der Waals surface area contributed by atoms with Crippen molar-refractivity contribution >= 4 is 22.9 Å². The van der Waals surface area contributed by atoms with Crippen LogP contribution >= 0.6 is 11.3 Å². The Morgan fingerprint density at radius 3 is 2.62 bits per heavy atom. The Hall–Kier alpha value is -3.32. The monoisotopic (exact) mass is 365 g/mol. The van der Waals surface area contributed by atoms with Gasteiger partial charge in [-0.25, -0.2) is 4.39 Å². The lowest BCUT2D eigenvalue weighted by atomic mass is 10.1. The van der Waals surface area contributed by atoms with Crippen molar-refractivity contribution < 1.29 is 13.7 Å². The standard InChI is InChI=1S/C19H12FN3O2S/c20-13-9-7-12(8-10-13)17-22-19(25-23-17)14-4-1-2-5-15(14)21-18(24)16-6-3-11-26-16/h1-11H,(H,21,24). The number of para-hydroxylation sites is 1. The highest BCUT2D eigenvalue weighted by atomic mass is 32.1. The highest BCUT2D eigenvalue weighted by Gasteiger charge is 2.16. The molecule has 4 rings (SSSR count). The second kappa shape index (κ2) is 6.89. The van der Waals surface area contributed by atoms with Gasteiger partial charge in [0.15, 0.2) is 0 Å². The number of anilines is 1. The second-order valence-corrected chi connectivity index (χ2v) is 6.35. The highest BCUT2D eigenvalue weighted by Crippen LogP contribution is 2.29. The van der Waals surface area contributed by atoms with E-state index in [0.29, 0.717) is 27.5 Å². The maximum Gasteiger partial charge on any atom is 0.265 e. The van der Waals surface area contributed by atoms with Crippen LogP contribution in [0.2, 0.25) is 0 Å². The zero-order valence-electron chi connectivity index (χ0n) is 13.3. The molecule has 0 aliphatic carbocycles. The van der Waals surface area contributed by atoms with Crippen LogP contribution in [-0.4, -0.2) is 16.0 Å². The van der Waals surface area contributed by atoms with E-state index in [9.17, 15) is 9.18 Å². The molecular formula is C19H12FN3O2S. The second-order valence-electron chi connectivity index (χ2n) is 5.41. The number of hydrogen-bond acceptors (Lipinski definition) is 5. The van der Waals surface area contributed by atoms with Crippen molar-refractivity contribution in [1.29, 1.82) is 0 Å². The summed E-state index contributed by atoms with van der Waals surface area (Å²) in [5, 5.41) is 8.65. The summed E-state index contributed by atoms with van der Waals surface area (Å²) in [4.78, 5) is 17.3. The molecule has 7 heteroatoms. The largest absolute Gasteiger partial charge is 0.334 e. The average Bonchev–Trinajstić information content (AvgIpc) is 3.35. The third kappa shape index (κ3) is 3.25. The molecule has 0 radical (unpaired) electrons. The lowest BCUT2D eigenvalue weighted by Gasteiger charge is -2.07. The van der Waals surface area contributed by atoms with Gasteiger partial charge < -0.3 is 9.84 Å². The predicted molar refractivity (Wildman–Crippen MR) is 97.4 cm³/mol. The molecule has 0 fully saturated rings. The van der Waals surface area contributed by atoms with E-state index in [1.165, 1.54) is 23.5 Å². The van der Waals surface area contributed by atoms with Gasteiger partial charge in [-0.2, -0.15) is 4.98 Å². The molecule has 0 unspecified atom stereocenters. The third-order valence-electron chi connectivity index (χ3n) is 3.68. The van der Waals surface area contributed by atoms with E-state index >= 15 is 0 Å². The predicted octanol–water partition coefficient (Wildman–Crippen LogP) is 4.86. The number of amides is 1. The molecule has 5 nitrogen and oxygen atoms in total. The SMILES string of the molecule is O=C(Nc1ccccc1-c1nc(-c2ccc(F)cc2)no1)c1cccs1. The van der Waals surface area contributed by atoms with Gasteiger partial charge in [-0.3, -0.25) is 4.79 Å². The lowest BCUT2D eigenvalue weighted by Crippen LogP contribution is -2.10. The number of nitrogens with one attached hydrogen (secondary N) is 1. The van der Waals surface area contributed by atoms with Crippen LogP contribution in [-0.2, 0) is 0 Å². The quantitative estimate of drug-likeness (QED) is 0.561. The van der Waals surface area contributed by atoms with Gasteiger partial charge in [0.1, 0.15) is 5.82 Å². The molecule has 2 aromatic heterocycles. The van der Waals surface area contributed by atoms with Gasteiger partial charge >= 0.3 is 0 Å². The number of carbonyl (C=O) groups is 1. The number of rotatable bonds is 4. The molecule has 0 spiro atoms. The summed E-state index contributed by atoms with van der Waals surface area (Å²) >= 11 is 1.36. The Morgan fingerprint density at radius 1 is 1.04 bits per heavy atom. The molecule has 0 saturated carbocycles. The van der Waals surface area contributed by atoms with E-state index in [-0.39, 0.29) is 17.6 Å². The smallest absolute Gasteiger partial charge is 0.265 e. The minimum atomic E-state index is -0.334. The Bertz CT molecular complexity index is 1040. The maximum absolute atomic E-state index is 13.1. The number of benzene rings is 2. The zero-order valence-corrected chi connectivity index (χ0v) is 14.2. The molecule has 1 N–H and O–H groups in total. The van der Waals surface area contributed by atoms with Crippen LogP contribution < -0.4 is 5.32 Å². The minimum absolute atomic E-state index is 0.203. The van der Waals surface area contributed by atoms with Crippen molar-refractivity contribution in [2.75, 3.05) is 5.32 Å². The number of nitrogens with zero attached hydrogens (tertiary/aromatic N) is 2. The number of carbonyl (C=O) groups excluding carboxylic acids is 1. The Balaban J connectivity index is 1.64. The number of halogens is 1. The topological polar surface area (TPSA) is 68.0 Å². The normalized spacial score (nSPS) is 10.7. The fourth-order valence-electron chi connectivity index (χ4n) is 2.42. The van der Waals surface area contributed by atoms with Gasteiger partial charge in [0.05, 0.1) is 16.1 Å². The van der Waals surface area contributed by atoms with Gasteiger partial charge in [0, 0.05) is 5.56 Å². The van der Waals surface area contributed by atoms with Crippen molar-refractivity contribution in [2.45, 2.75) is 0 Å². The summed E-state index contributed by atoms with van der Waals surface area (Å²) in [5.74, 6) is 0.0793. The Labute approximate surface area is 152 Å². The van der Waals surface area contributed by atoms with E-state index in [1.807, 2.05) is 23.6 Å². The summed E-state index contributed by atoms with van der Waals surface area (Å²) < 4.78 is 18.4. The number of thiophene rings is 1. The van der Waals surface area contributed by atoms with Crippen LogP contribution in [0.25, 0.3) is 22.8 Å². The summed E-state index contributed by atoms with van der Waals surface area (Å²) in [6, 6.07) is 16.6. The highest BCUT2D eigenvalue weighted by molar-refractivity contribution is 7.12. The van der Waals surface area contributed by atoms with Crippen molar-refractivity contribution in [3.8, 4) is 22.8 Å². The molecule has 26 heavy (non-hydrogen) atoms. The minimum Gasteiger partial charge on any atom is -0.334 e. The first-order valence-corrected chi connectivity index (χ1v) is 8.62. The van der Waals surface area contributed by atoms with Crippen molar-refractivity contribution in [2.24, 2.45) is 0 Å². The molecule has 4 aromatic rings. The van der Waals surface area contributed by atoms with Crippen LogP contribution in [0.1, 0.15) is 9.67 Å². The fraction of sp³-hybridized carbons (Fsp3) is 0. The van der Waals surface area contributed by atoms with Crippen LogP contribution in [0, 0.1) is 5.82 Å². The maximum atomic E-state index is 13.1. The van der Waals surface area contributed by atoms with Crippen molar-refractivity contribution in [3.05, 3.63) is 76.7 Å². The number of aromatic nitrogens is 2. The van der Waals surface area contributed by atoms with Gasteiger partial charge in [0.25, 0.3) is 11.8 Å². The summed E-state index contributed by atoms with van der Waals surface area (Å²) in [6.07, 6.45) is 0. The molecule has 2 aromatic carbocycles. The molecule has 0 bridgehead atoms. The average molecular weight is 365 g/mol. The number of hydrogen-bond donors (Lipinski definition) is 1. The summed E-state index contributed by atoms with van der Waals surface area (Å²) in [7, 11) is 0. The molecule has 0 saturated heterocycles. The van der Waals surface area contributed by atoms with Gasteiger partial charge in [-0.15, -0.1) is 11.3 Å². The molecular weight excluding hydrogens is 353 g/mol. The van der Waals surface area contributed by atoms with Gasteiger partial charge in [0.2, 0.25) is 5.82 Å². The van der Waals surface area contributed by atoms with Gasteiger partial charge in [-0.1, -0.05) is 23.4 Å². The van der Waals surface area contributed by atoms with E-state index in [1.54, 1.807) is 30.3 Å².